The number of nitrogens with zero attached hydrogens (tertiary/aromatic N) is 1. The molecule has 1 saturated heterocycles. The number of benzene rings is 2. The van der Waals surface area contributed by atoms with E-state index in [4.69, 9.17) is 16.3 Å². The highest BCUT2D eigenvalue weighted by molar-refractivity contribution is 6.31. The second-order valence-corrected chi connectivity index (χ2v) is 8.35. The Bertz CT molecular complexity index is 858. The third-order valence-corrected chi connectivity index (χ3v) is 6.11. The van der Waals surface area contributed by atoms with E-state index in [1.165, 1.54) is 16.7 Å². The minimum Gasteiger partial charge on any atom is -0.394 e. The zero-order chi connectivity index (χ0) is 19.8. The summed E-state index contributed by atoms with van der Waals surface area (Å²) in [4.78, 5) is 2.29. The van der Waals surface area contributed by atoms with Crippen LogP contribution in [0.4, 0.5) is 0 Å². The molecule has 2 aliphatic rings. The van der Waals surface area contributed by atoms with Crippen LogP contribution in [0.25, 0.3) is 0 Å². The maximum absolute atomic E-state index is 10.1. The smallest absolute Gasteiger partial charge is 0.110 e. The summed E-state index contributed by atoms with van der Waals surface area (Å²) in [6, 6.07) is 12.3. The molecule has 0 spiro atoms. The van der Waals surface area contributed by atoms with Crippen LogP contribution in [0.2, 0.25) is 5.02 Å². The van der Waals surface area contributed by atoms with E-state index in [-0.39, 0.29) is 19.1 Å². The predicted molar refractivity (Wildman–Crippen MR) is 107 cm³/mol. The lowest BCUT2D eigenvalue weighted by Crippen LogP contribution is -2.47. The molecule has 1 fully saturated rings. The quantitative estimate of drug-likeness (QED) is 0.731. The van der Waals surface area contributed by atoms with Crippen LogP contribution in [-0.4, -0.2) is 52.2 Å². The van der Waals surface area contributed by atoms with Crippen molar-refractivity contribution in [3.8, 4) is 0 Å². The van der Waals surface area contributed by atoms with E-state index in [1.54, 1.807) is 0 Å². The van der Waals surface area contributed by atoms with Crippen molar-refractivity contribution in [3.63, 3.8) is 0 Å². The van der Waals surface area contributed by atoms with Gasteiger partial charge in [0.1, 0.15) is 12.2 Å². The molecule has 0 saturated carbocycles. The van der Waals surface area contributed by atoms with Gasteiger partial charge in [0.25, 0.3) is 0 Å². The first-order valence-electron chi connectivity index (χ1n) is 9.64. The molecule has 4 atom stereocenters. The molecule has 2 heterocycles. The standard InChI is InChI=1S/C22H26ClNO4/c1-24-10-15-3-2-13(7-17(15)11-24)6-16-8-14(4-5-18(16)23)20-9-19(26)22(27)21(12-25)28-20/h2-5,7-8,19-22,25-27H,6,9-12H2,1H3. The number of hydrogen-bond acceptors (Lipinski definition) is 5. The van der Waals surface area contributed by atoms with Gasteiger partial charge in [-0.25, -0.2) is 0 Å². The zero-order valence-electron chi connectivity index (χ0n) is 15.9. The average molecular weight is 404 g/mol. The van der Waals surface area contributed by atoms with E-state index in [0.717, 1.165) is 24.2 Å². The van der Waals surface area contributed by atoms with Crippen LogP contribution >= 0.6 is 11.6 Å². The molecule has 0 amide bonds. The van der Waals surface area contributed by atoms with Crippen LogP contribution in [0.15, 0.2) is 36.4 Å². The van der Waals surface area contributed by atoms with Crippen LogP contribution < -0.4 is 0 Å². The van der Waals surface area contributed by atoms with Gasteiger partial charge in [-0.3, -0.25) is 4.90 Å². The number of rotatable bonds is 4. The number of ether oxygens (including phenoxy) is 1. The minimum absolute atomic E-state index is 0.282. The summed E-state index contributed by atoms with van der Waals surface area (Å²) < 4.78 is 5.81. The summed E-state index contributed by atoms with van der Waals surface area (Å²) in [7, 11) is 2.12. The number of halogens is 1. The van der Waals surface area contributed by atoms with Crippen molar-refractivity contribution in [2.45, 2.75) is 50.3 Å². The number of hydrogen-bond donors (Lipinski definition) is 3. The Hall–Kier alpha value is -1.47. The van der Waals surface area contributed by atoms with Gasteiger partial charge in [0, 0.05) is 24.5 Å². The van der Waals surface area contributed by atoms with Crippen LogP contribution in [0.5, 0.6) is 0 Å². The van der Waals surface area contributed by atoms with Crippen LogP contribution in [-0.2, 0) is 24.2 Å². The van der Waals surface area contributed by atoms with Gasteiger partial charge in [-0.05, 0) is 47.4 Å². The van der Waals surface area contributed by atoms with Gasteiger partial charge in [0.15, 0.2) is 0 Å². The highest BCUT2D eigenvalue weighted by atomic mass is 35.5. The molecule has 0 aromatic heterocycles. The Balaban J connectivity index is 1.56. The van der Waals surface area contributed by atoms with Crippen molar-refractivity contribution in [2.24, 2.45) is 0 Å². The molecule has 28 heavy (non-hydrogen) atoms. The van der Waals surface area contributed by atoms with Gasteiger partial charge in [-0.2, -0.15) is 0 Å². The summed E-state index contributed by atoms with van der Waals surface area (Å²) in [5.41, 5.74) is 5.84. The second-order valence-electron chi connectivity index (χ2n) is 7.94. The van der Waals surface area contributed by atoms with Gasteiger partial charge in [0.2, 0.25) is 0 Å². The normalized spacial score (nSPS) is 27.8. The first kappa shape index (κ1) is 19.8. The molecule has 0 bridgehead atoms. The molecule has 150 valence electrons. The largest absolute Gasteiger partial charge is 0.394 e. The predicted octanol–water partition coefficient (Wildman–Crippen LogP) is 2.42. The summed E-state index contributed by atoms with van der Waals surface area (Å²) in [6.45, 7) is 1.62. The van der Waals surface area contributed by atoms with Gasteiger partial charge in [0.05, 0.1) is 18.8 Å². The average Bonchev–Trinajstić information content (AvgIpc) is 3.05. The maximum atomic E-state index is 10.1. The molecular formula is C22H26ClNO4. The summed E-state index contributed by atoms with van der Waals surface area (Å²) >= 11 is 6.45. The minimum atomic E-state index is -1.07. The zero-order valence-corrected chi connectivity index (χ0v) is 16.6. The molecular weight excluding hydrogens is 378 g/mol. The molecule has 3 N–H and O–H groups in total. The van der Waals surface area contributed by atoms with Crippen LogP contribution in [0.3, 0.4) is 0 Å². The fraction of sp³-hybridized carbons (Fsp3) is 0.455. The Kier molecular flexibility index (Phi) is 5.74. The number of aliphatic hydroxyl groups excluding tert-OH is 3. The third-order valence-electron chi connectivity index (χ3n) is 5.74. The molecule has 6 heteroatoms. The molecule has 2 aromatic rings. The van der Waals surface area contributed by atoms with Gasteiger partial charge in [-0.15, -0.1) is 0 Å². The summed E-state index contributed by atoms with van der Waals surface area (Å²) in [5.74, 6) is 0. The molecule has 0 radical (unpaired) electrons. The molecule has 2 aromatic carbocycles. The topological polar surface area (TPSA) is 73.2 Å². The van der Waals surface area contributed by atoms with Crippen molar-refractivity contribution in [3.05, 3.63) is 69.2 Å². The molecule has 4 unspecified atom stereocenters. The van der Waals surface area contributed by atoms with Crippen molar-refractivity contribution in [1.29, 1.82) is 0 Å². The van der Waals surface area contributed by atoms with E-state index in [1.807, 2.05) is 18.2 Å². The number of fused-ring (bicyclic) bond motifs is 1. The Morgan fingerprint density at radius 3 is 2.68 bits per heavy atom. The molecule has 5 nitrogen and oxygen atoms in total. The van der Waals surface area contributed by atoms with Gasteiger partial charge >= 0.3 is 0 Å². The fourth-order valence-electron chi connectivity index (χ4n) is 4.20. The fourth-order valence-corrected chi connectivity index (χ4v) is 4.38. The van der Waals surface area contributed by atoms with Gasteiger partial charge in [-0.1, -0.05) is 41.9 Å². The van der Waals surface area contributed by atoms with Crippen LogP contribution in [0, 0.1) is 0 Å². The van der Waals surface area contributed by atoms with Gasteiger partial charge < -0.3 is 20.1 Å². The molecule has 4 rings (SSSR count). The Labute approximate surface area is 170 Å². The second kappa shape index (κ2) is 8.11. The number of aliphatic hydroxyl groups is 3. The Morgan fingerprint density at radius 1 is 1.11 bits per heavy atom. The van der Waals surface area contributed by atoms with E-state index in [2.05, 4.69) is 30.1 Å². The van der Waals surface area contributed by atoms with Crippen LogP contribution in [0.1, 0.15) is 40.3 Å². The first-order valence-corrected chi connectivity index (χ1v) is 10.0. The monoisotopic (exact) mass is 403 g/mol. The molecule has 0 aliphatic carbocycles. The highest BCUT2D eigenvalue weighted by Crippen LogP contribution is 2.34. The SMILES string of the molecule is CN1Cc2ccc(Cc3cc(C4CC(O)C(O)C(CO)O4)ccc3Cl)cc2C1. The lowest BCUT2D eigenvalue weighted by Gasteiger charge is -2.36. The van der Waals surface area contributed by atoms with Crippen molar-refractivity contribution < 1.29 is 20.1 Å². The maximum Gasteiger partial charge on any atom is 0.110 e. The summed E-state index contributed by atoms with van der Waals surface area (Å²) in [5, 5.41) is 30.1. The first-order chi connectivity index (χ1) is 13.4. The Morgan fingerprint density at radius 2 is 1.89 bits per heavy atom. The lowest BCUT2D eigenvalue weighted by molar-refractivity contribution is -0.181. The molecule has 2 aliphatic heterocycles. The summed E-state index contributed by atoms with van der Waals surface area (Å²) in [6.07, 6.45) is -2.18. The van der Waals surface area contributed by atoms with Crippen molar-refractivity contribution in [2.75, 3.05) is 13.7 Å². The third kappa shape index (κ3) is 3.96. The van der Waals surface area contributed by atoms with E-state index >= 15 is 0 Å². The highest BCUT2D eigenvalue weighted by Gasteiger charge is 2.37. The van der Waals surface area contributed by atoms with E-state index in [9.17, 15) is 15.3 Å². The van der Waals surface area contributed by atoms with Crippen molar-refractivity contribution >= 4 is 11.6 Å². The van der Waals surface area contributed by atoms with E-state index < -0.39 is 18.3 Å². The van der Waals surface area contributed by atoms with Crippen molar-refractivity contribution in [1.82, 2.24) is 4.90 Å². The lowest BCUT2D eigenvalue weighted by atomic mass is 9.92. The van der Waals surface area contributed by atoms with E-state index in [0.29, 0.717) is 11.4 Å².